The molecule has 4 rings (SSSR count). The summed E-state index contributed by atoms with van der Waals surface area (Å²) in [7, 11) is 0. The number of aryl methyl sites for hydroxylation is 1. The summed E-state index contributed by atoms with van der Waals surface area (Å²) in [5.41, 5.74) is 3.13. The molecule has 2 heterocycles. The molecule has 2 unspecified atom stereocenters. The molecule has 2 aromatic carbocycles. The largest absolute Gasteiger partial charge is 0.334 e. The van der Waals surface area contributed by atoms with E-state index in [9.17, 15) is 14.4 Å². The summed E-state index contributed by atoms with van der Waals surface area (Å²) in [5.74, 6) is -0.533. The first-order chi connectivity index (χ1) is 17.0. The van der Waals surface area contributed by atoms with Crippen molar-refractivity contribution in [1.29, 1.82) is 0 Å². The van der Waals surface area contributed by atoms with E-state index in [2.05, 4.69) is 22.5 Å². The van der Waals surface area contributed by atoms with Crippen LogP contribution >= 0.6 is 11.3 Å². The SMILES string of the molecule is C=CCNC(=O)Nc1ccc(NC(=O)C2CCC(=O)N(c3ccc(C)cc3)C2c2cccs2)cc1. The molecule has 1 aromatic heterocycles. The van der Waals surface area contributed by atoms with Gasteiger partial charge in [-0.3, -0.25) is 9.59 Å². The van der Waals surface area contributed by atoms with Crippen LogP contribution in [0.15, 0.2) is 78.7 Å². The number of thiophene rings is 1. The first-order valence-electron chi connectivity index (χ1n) is 11.4. The van der Waals surface area contributed by atoms with E-state index < -0.39 is 5.92 Å². The number of anilines is 3. The van der Waals surface area contributed by atoms with Crippen LogP contribution in [-0.2, 0) is 9.59 Å². The zero-order valence-corrected chi connectivity index (χ0v) is 20.3. The quantitative estimate of drug-likeness (QED) is 0.384. The van der Waals surface area contributed by atoms with Gasteiger partial charge in [-0.25, -0.2) is 4.79 Å². The summed E-state index contributed by atoms with van der Waals surface area (Å²) in [4.78, 5) is 41.1. The van der Waals surface area contributed by atoms with Gasteiger partial charge in [0.1, 0.15) is 0 Å². The van der Waals surface area contributed by atoms with Crippen molar-refractivity contribution in [3.63, 3.8) is 0 Å². The van der Waals surface area contributed by atoms with Crippen LogP contribution < -0.4 is 20.9 Å². The Morgan fingerprint density at radius 2 is 1.74 bits per heavy atom. The molecule has 1 fully saturated rings. The fourth-order valence-corrected chi connectivity index (χ4v) is 5.05. The molecule has 0 radical (unpaired) electrons. The maximum Gasteiger partial charge on any atom is 0.319 e. The molecule has 1 saturated heterocycles. The van der Waals surface area contributed by atoms with E-state index in [1.54, 1.807) is 46.6 Å². The smallest absolute Gasteiger partial charge is 0.319 e. The van der Waals surface area contributed by atoms with Crippen LogP contribution in [0.4, 0.5) is 21.9 Å². The minimum Gasteiger partial charge on any atom is -0.334 e. The van der Waals surface area contributed by atoms with Crippen molar-refractivity contribution in [2.75, 3.05) is 22.1 Å². The number of urea groups is 1. The summed E-state index contributed by atoms with van der Waals surface area (Å²) >= 11 is 1.55. The lowest BCUT2D eigenvalue weighted by Crippen LogP contribution is -2.46. The Labute approximate surface area is 208 Å². The zero-order valence-electron chi connectivity index (χ0n) is 19.5. The van der Waals surface area contributed by atoms with Crippen LogP contribution in [0.5, 0.6) is 0 Å². The molecule has 0 bridgehead atoms. The molecule has 0 spiro atoms. The van der Waals surface area contributed by atoms with Crippen LogP contribution in [0.2, 0.25) is 0 Å². The average Bonchev–Trinajstić information content (AvgIpc) is 3.39. The van der Waals surface area contributed by atoms with Gasteiger partial charge in [-0.1, -0.05) is 29.8 Å². The molecule has 1 aliphatic rings. The van der Waals surface area contributed by atoms with Gasteiger partial charge >= 0.3 is 6.03 Å². The predicted octanol–water partition coefficient (Wildman–Crippen LogP) is 5.49. The number of amides is 4. The minimum atomic E-state index is -0.407. The Kier molecular flexibility index (Phi) is 7.62. The fraction of sp³-hybridized carbons (Fsp3) is 0.222. The Morgan fingerprint density at radius 1 is 1.06 bits per heavy atom. The second-order valence-corrected chi connectivity index (χ2v) is 9.37. The molecule has 3 N–H and O–H groups in total. The minimum absolute atomic E-state index is 0.0152. The lowest BCUT2D eigenvalue weighted by Gasteiger charge is -2.40. The van der Waals surface area contributed by atoms with E-state index in [1.807, 2.05) is 48.7 Å². The first kappa shape index (κ1) is 24.2. The molecular formula is C27H28N4O3S. The van der Waals surface area contributed by atoms with E-state index in [1.165, 1.54) is 0 Å². The summed E-state index contributed by atoms with van der Waals surface area (Å²) in [5, 5.41) is 10.3. The zero-order chi connectivity index (χ0) is 24.8. The summed E-state index contributed by atoms with van der Waals surface area (Å²) in [6.07, 6.45) is 2.37. The van der Waals surface area contributed by atoms with Crippen LogP contribution in [0.25, 0.3) is 0 Å². The third-order valence-electron chi connectivity index (χ3n) is 5.90. The number of rotatable bonds is 7. The molecule has 7 nitrogen and oxygen atoms in total. The average molecular weight is 489 g/mol. The van der Waals surface area contributed by atoms with E-state index in [0.29, 0.717) is 30.8 Å². The Morgan fingerprint density at radius 3 is 2.37 bits per heavy atom. The molecule has 2 atom stereocenters. The highest BCUT2D eigenvalue weighted by Gasteiger charge is 2.42. The number of carbonyl (C=O) groups excluding carboxylic acids is 3. The predicted molar refractivity (Wildman–Crippen MR) is 141 cm³/mol. The summed E-state index contributed by atoms with van der Waals surface area (Å²) in [6.45, 7) is 5.94. The molecule has 3 aromatic rings. The fourth-order valence-electron chi connectivity index (χ4n) is 4.17. The summed E-state index contributed by atoms with van der Waals surface area (Å²) in [6, 6.07) is 18.0. The number of hydrogen-bond donors (Lipinski definition) is 3. The van der Waals surface area contributed by atoms with E-state index in [-0.39, 0.29) is 23.9 Å². The maximum absolute atomic E-state index is 13.5. The highest BCUT2D eigenvalue weighted by Crippen LogP contribution is 2.42. The number of carbonyl (C=O) groups is 3. The Hall–Kier alpha value is -3.91. The number of benzene rings is 2. The van der Waals surface area contributed by atoms with Gasteiger partial charge < -0.3 is 20.9 Å². The van der Waals surface area contributed by atoms with Gasteiger partial charge in [0.05, 0.1) is 12.0 Å². The molecular weight excluding hydrogens is 460 g/mol. The molecule has 180 valence electrons. The monoisotopic (exact) mass is 488 g/mol. The lowest BCUT2D eigenvalue weighted by atomic mass is 9.86. The van der Waals surface area contributed by atoms with E-state index in [0.717, 1.165) is 16.1 Å². The van der Waals surface area contributed by atoms with E-state index >= 15 is 0 Å². The Balaban J connectivity index is 1.53. The van der Waals surface area contributed by atoms with Gasteiger partial charge in [0.25, 0.3) is 0 Å². The number of hydrogen-bond acceptors (Lipinski definition) is 4. The molecule has 0 aliphatic carbocycles. The number of nitrogens with zero attached hydrogens (tertiary/aromatic N) is 1. The molecule has 35 heavy (non-hydrogen) atoms. The van der Waals surface area contributed by atoms with Crippen molar-refractivity contribution >= 4 is 46.2 Å². The number of nitrogens with one attached hydrogen (secondary N) is 3. The van der Waals surface area contributed by atoms with E-state index in [4.69, 9.17) is 0 Å². The standard InChI is InChI=1S/C27H28N4O3S/c1-3-16-28-27(34)30-20-10-8-19(9-11-20)29-26(33)22-14-15-24(32)31(21-12-6-18(2)7-13-21)25(22)23-5-4-17-35-23/h3-13,17,22,25H,1,14-16H2,2H3,(H,29,33)(H2,28,30,34). The van der Waals surface area contributed by atoms with Crippen LogP contribution in [0.3, 0.4) is 0 Å². The van der Waals surface area contributed by atoms with Crippen molar-refractivity contribution in [1.82, 2.24) is 5.32 Å². The van der Waals surface area contributed by atoms with Gasteiger partial charge in [-0.05, 0) is 61.2 Å². The van der Waals surface area contributed by atoms with Gasteiger partial charge in [0.2, 0.25) is 11.8 Å². The lowest BCUT2D eigenvalue weighted by molar-refractivity contribution is -0.125. The van der Waals surface area contributed by atoms with Gasteiger partial charge in [0.15, 0.2) is 0 Å². The maximum atomic E-state index is 13.5. The van der Waals surface area contributed by atoms with Crippen molar-refractivity contribution in [2.45, 2.75) is 25.8 Å². The number of piperidine rings is 1. The normalized spacial score (nSPS) is 17.5. The molecule has 4 amide bonds. The van der Waals surface area contributed by atoms with Crippen LogP contribution in [0, 0.1) is 12.8 Å². The third-order valence-corrected chi connectivity index (χ3v) is 6.84. The second kappa shape index (κ2) is 11.0. The summed E-state index contributed by atoms with van der Waals surface area (Å²) < 4.78 is 0. The second-order valence-electron chi connectivity index (χ2n) is 8.40. The molecule has 8 heteroatoms. The van der Waals surface area contributed by atoms with Gasteiger partial charge in [-0.2, -0.15) is 0 Å². The van der Waals surface area contributed by atoms with Crippen molar-refractivity contribution in [3.8, 4) is 0 Å². The molecule has 1 aliphatic heterocycles. The van der Waals surface area contributed by atoms with Gasteiger partial charge in [-0.15, -0.1) is 17.9 Å². The van der Waals surface area contributed by atoms with Crippen molar-refractivity contribution in [2.24, 2.45) is 5.92 Å². The van der Waals surface area contributed by atoms with Crippen molar-refractivity contribution in [3.05, 3.63) is 89.1 Å². The highest BCUT2D eigenvalue weighted by atomic mass is 32.1. The highest BCUT2D eigenvalue weighted by molar-refractivity contribution is 7.10. The Bertz CT molecular complexity index is 1190. The van der Waals surface area contributed by atoms with Crippen molar-refractivity contribution < 1.29 is 14.4 Å². The third kappa shape index (κ3) is 5.78. The molecule has 0 saturated carbocycles. The van der Waals surface area contributed by atoms with Crippen LogP contribution in [0.1, 0.15) is 29.3 Å². The first-order valence-corrected chi connectivity index (χ1v) is 12.3. The van der Waals surface area contributed by atoms with Gasteiger partial charge in [0, 0.05) is 34.9 Å². The van der Waals surface area contributed by atoms with Crippen LogP contribution in [-0.4, -0.2) is 24.4 Å². The topological polar surface area (TPSA) is 90.5 Å².